The van der Waals surface area contributed by atoms with Gasteiger partial charge in [-0.2, -0.15) is 0 Å². The molecule has 0 spiro atoms. The first kappa shape index (κ1) is 13.1. The summed E-state index contributed by atoms with van der Waals surface area (Å²) in [6.45, 7) is 0. The molecule has 0 atom stereocenters. The number of fused-ring (bicyclic) bond motifs is 3. The lowest BCUT2D eigenvalue weighted by molar-refractivity contribution is 0.0691. The minimum atomic E-state index is -1.16. The Balaban J connectivity index is 2.48. The van der Waals surface area contributed by atoms with Gasteiger partial charge in [0.05, 0.1) is 11.1 Å². The molecule has 0 aliphatic rings. The number of rotatable bonds is 2. The second-order valence-electron chi connectivity index (χ2n) is 4.65. The molecule has 3 aromatic carbocycles. The molecule has 5 heteroatoms. The predicted octanol–water partition coefficient (Wildman–Crippen LogP) is 2.29. The average Bonchev–Trinajstić information content (AvgIpc) is 2.52. The van der Waals surface area contributed by atoms with Gasteiger partial charge in [0.25, 0.3) is 5.91 Å². The average molecular weight is 280 g/mol. The van der Waals surface area contributed by atoms with E-state index < -0.39 is 11.9 Å². The highest BCUT2D eigenvalue weighted by atomic mass is 16.4. The topological polar surface area (TPSA) is 92.4 Å². The lowest BCUT2D eigenvalue weighted by atomic mass is 9.94. The number of hydrogen-bond donors (Lipinski definition) is 3. The third kappa shape index (κ3) is 2.00. The van der Waals surface area contributed by atoms with Crippen LogP contribution < -0.4 is 11.3 Å². The van der Waals surface area contributed by atoms with Crippen LogP contribution in [0.25, 0.3) is 21.5 Å². The van der Waals surface area contributed by atoms with E-state index in [4.69, 9.17) is 5.84 Å². The molecule has 0 saturated heterocycles. The highest BCUT2D eigenvalue weighted by Crippen LogP contribution is 2.29. The summed E-state index contributed by atoms with van der Waals surface area (Å²) in [7, 11) is 0. The van der Waals surface area contributed by atoms with Gasteiger partial charge in [-0.15, -0.1) is 0 Å². The Kier molecular flexibility index (Phi) is 3.04. The van der Waals surface area contributed by atoms with Gasteiger partial charge < -0.3 is 5.11 Å². The van der Waals surface area contributed by atoms with E-state index in [1.807, 2.05) is 35.8 Å². The molecule has 0 aliphatic heterocycles. The van der Waals surface area contributed by atoms with E-state index in [-0.39, 0.29) is 11.1 Å². The predicted molar refractivity (Wildman–Crippen MR) is 80.1 cm³/mol. The summed E-state index contributed by atoms with van der Waals surface area (Å²) in [5.74, 6) is 3.40. The number of carbonyl (C=O) groups is 2. The first-order valence-electron chi connectivity index (χ1n) is 6.32. The number of aromatic carboxylic acids is 1. The summed E-state index contributed by atoms with van der Waals surface area (Å²) in [5, 5.41) is 12.6. The molecule has 4 N–H and O–H groups in total. The molecule has 5 nitrogen and oxygen atoms in total. The van der Waals surface area contributed by atoms with Crippen LogP contribution in [0.15, 0.2) is 48.5 Å². The molecule has 1 amide bonds. The lowest BCUT2D eigenvalue weighted by Gasteiger charge is -2.11. The van der Waals surface area contributed by atoms with Crippen LogP contribution in [0, 0.1) is 0 Å². The van der Waals surface area contributed by atoms with E-state index >= 15 is 0 Å². The summed E-state index contributed by atoms with van der Waals surface area (Å²) < 4.78 is 0. The highest BCUT2D eigenvalue weighted by Gasteiger charge is 2.19. The minimum absolute atomic E-state index is 0.0688. The SMILES string of the molecule is NNC(=O)c1c(C(=O)O)ccc2c1ccc1ccccc12. The lowest BCUT2D eigenvalue weighted by Crippen LogP contribution is -2.31. The molecule has 0 aromatic heterocycles. The first-order chi connectivity index (χ1) is 10.1. The number of amides is 1. The third-order valence-corrected chi connectivity index (χ3v) is 3.51. The zero-order valence-corrected chi connectivity index (χ0v) is 11.0. The first-order valence-corrected chi connectivity index (χ1v) is 6.32. The van der Waals surface area contributed by atoms with Crippen LogP contribution in [0.3, 0.4) is 0 Å². The van der Waals surface area contributed by atoms with Crippen molar-refractivity contribution in [3.8, 4) is 0 Å². The zero-order chi connectivity index (χ0) is 15.0. The van der Waals surface area contributed by atoms with Crippen molar-refractivity contribution >= 4 is 33.4 Å². The number of hydrazine groups is 1. The molecule has 21 heavy (non-hydrogen) atoms. The van der Waals surface area contributed by atoms with Crippen molar-refractivity contribution < 1.29 is 14.7 Å². The summed E-state index contributed by atoms with van der Waals surface area (Å²) in [4.78, 5) is 23.3. The van der Waals surface area contributed by atoms with Crippen molar-refractivity contribution in [2.24, 2.45) is 5.84 Å². The van der Waals surface area contributed by atoms with Crippen LogP contribution in [0.2, 0.25) is 0 Å². The van der Waals surface area contributed by atoms with Gasteiger partial charge in [-0.25, -0.2) is 10.6 Å². The van der Waals surface area contributed by atoms with Crippen molar-refractivity contribution in [2.75, 3.05) is 0 Å². The van der Waals surface area contributed by atoms with E-state index in [1.54, 1.807) is 12.1 Å². The van der Waals surface area contributed by atoms with Crippen LogP contribution in [0.4, 0.5) is 0 Å². The second-order valence-corrected chi connectivity index (χ2v) is 4.65. The van der Waals surface area contributed by atoms with Gasteiger partial charge in [0.15, 0.2) is 0 Å². The number of nitrogens with one attached hydrogen (secondary N) is 1. The molecule has 0 saturated carbocycles. The van der Waals surface area contributed by atoms with Gasteiger partial charge in [0.2, 0.25) is 0 Å². The van der Waals surface area contributed by atoms with Crippen molar-refractivity contribution in [3.05, 3.63) is 59.7 Å². The number of nitrogens with two attached hydrogens (primary N) is 1. The molecule has 0 heterocycles. The molecule has 0 radical (unpaired) electrons. The van der Waals surface area contributed by atoms with Gasteiger partial charge >= 0.3 is 5.97 Å². The Bertz CT molecular complexity index is 887. The van der Waals surface area contributed by atoms with Gasteiger partial charge in [0.1, 0.15) is 0 Å². The fourth-order valence-corrected chi connectivity index (χ4v) is 2.58. The largest absolute Gasteiger partial charge is 0.478 e. The van der Waals surface area contributed by atoms with E-state index in [0.29, 0.717) is 5.39 Å². The van der Waals surface area contributed by atoms with Crippen molar-refractivity contribution in [1.29, 1.82) is 0 Å². The Morgan fingerprint density at radius 3 is 2.33 bits per heavy atom. The van der Waals surface area contributed by atoms with Crippen molar-refractivity contribution in [1.82, 2.24) is 5.43 Å². The summed E-state index contributed by atoms with van der Waals surface area (Å²) in [5.41, 5.74) is 2.02. The van der Waals surface area contributed by atoms with E-state index in [0.717, 1.165) is 16.2 Å². The van der Waals surface area contributed by atoms with Gasteiger partial charge in [-0.1, -0.05) is 42.5 Å². The van der Waals surface area contributed by atoms with E-state index in [2.05, 4.69) is 0 Å². The third-order valence-electron chi connectivity index (χ3n) is 3.51. The zero-order valence-electron chi connectivity index (χ0n) is 11.0. The van der Waals surface area contributed by atoms with Crippen LogP contribution in [-0.2, 0) is 0 Å². The fraction of sp³-hybridized carbons (Fsp3) is 0. The maximum Gasteiger partial charge on any atom is 0.336 e. The Hall–Kier alpha value is -2.92. The van der Waals surface area contributed by atoms with Crippen LogP contribution in [0.1, 0.15) is 20.7 Å². The number of nitrogen functional groups attached to an aromatic ring is 1. The standard InChI is InChI=1S/C16H12N2O3/c17-18-15(19)14-12-6-5-9-3-1-2-4-10(9)11(12)7-8-13(14)16(20)21/h1-8H,17H2,(H,18,19)(H,20,21). The number of carbonyl (C=O) groups excluding carboxylic acids is 1. The molecular weight excluding hydrogens is 268 g/mol. The van der Waals surface area contributed by atoms with Crippen molar-refractivity contribution in [3.63, 3.8) is 0 Å². The van der Waals surface area contributed by atoms with Crippen molar-refractivity contribution in [2.45, 2.75) is 0 Å². The summed E-state index contributed by atoms with van der Waals surface area (Å²) in [6, 6.07) is 14.5. The van der Waals surface area contributed by atoms with Gasteiger partial charge in [-0.05, 0) is 27.6 Å². The van der Waals surface area contributed by atoms with Crippen LogP contribution in [-0.4, -0.2) is 17.0 Å². The normalized spacial score (nSPS) is 10.7. The van der Waals surface area contributed by atoms with E-state index in [1.165, 1.54) is 6.07 Å². The quantitative estimate of drug-likeness (QED) is 0.290. The molecule has 3 rings (SSSR count). The molecule has 0 bridgehead atoms. The fourth-order valence-electron chi connectivity index (χ4n) is 2.58. The molecular formula is C16H12N2O3. The van der Waals surface area contributed by atoms with E-state index in [9.17, 15) is 14.7 Å². The minimum Gasteiger partial charge on any atom is -0.478 e. The van der Waals surface area contributed by atoms with Gasteiger partial charge in [-0.3, -0.25) is 10.2 Å². The number of carboxylic acids is 1. The van der Waals surface area contributed by atoms with Crippen LogP contribution >= 0.6 is 0 Å². The second kappa shape index (κ2) is 4.88. The Morgan fingerprint density at radius 1 is 0.905 bits per heavy atom. The molecule has 104 valence electrons. The monoisotopic (exact) mass is 280 g/mol. The maximum atomic E-state index is 12.0. The Morgan fingerprint density at radius 2 is 1.62 bits per heavy atom. The molecule has 0 unspecified atom stereocenters. The molecule has 3 aromatic rings. The number of hydrogen-bond acceptors (Lipinski definition) is 3. The Labute approximate surface area is 120 Å². The molecule has 0 fully saturated rings. The van der Waals surface area contributed by atoms with Crippen LogP contribution in [0.5, 0.6) is 0 Å². The number of benzene rings is 3. The maximum absolute atomic E-state index is 12.0. The number of carboxylic acid groups (broad SMARTS) is 1. The molecule has 0 aliphatic carbocycles. The summed E-state index contributed by atoms with van der Waals surface area (Å²) >= 11 is 0. The summed E-state index contributed by atoms with van der Waals surface area (Å²) in [6.07, 6.45) is 0. The van der Waals surface area contributed by atoms with Gasteiger partial charge in [0, 0.05) is 0 Å². The smallest absolute Gasteiger partial charge is 0.336 e. The highest BCUT2D eigenvalue weighted by molar-refractivity contribution is 6.19.